The molecule has 5 nitrogen and oxygen atoms in total. The van der Waals surface area contributed by atoms with Gasteiger partial charge in [0.1, 0.15) is 12.4 Å². The van der Waals surface area contributed by atoms with Crippen LogP contribution >= 0.6 is 11.6 Å². The van der Waals surface area contributed by atoms with E-state index in [-0.39, 0.29) is 12.5 Å². The monoisotopic (exact) mass is 272 g/mol. The number of hydrogen-bond acceptors (Lipinski definition) is 4. The van der Waals surface area contributed by atoms with E-state index in [2.05, 4.69) is 10.6 Å². The minimum absolute atomic E-state index is 0.124. The van der Waals surface area contributed by atoms with Crippen molar-refractivity contribution >= 4 is 23.2 Å². The van der Waals surface area contributed by atoms with Gasteiger partial charge in [0.2, 0.25) is 5.91 Å². The van der Waals surface area contributed by atoms with Crippen molar-refractivity contribution < 1.29 is 14.3 Å². The summed E-state index contributed by atoms with van der Waals surface area (Å²) in [6, 6.07) is 5.10. The fourth-order valence-corrected chi connectivity index (χ4v) is 1.53. The van der Waals surface area contributed by atoms with Gasteiger partial charge in [-0.25, -0.2) is 0 Å². The van der Waals surface area contributed by atoms with Crippen LogP contribution in [-0.4, -0.2) is 39.8 Å². The molecule has 1 amide bonds. The van der Waals surface area contributed by atoms with Crippen LogP contribution in [0.4, 0.5) is 5.69 Å². The number of likely N-dealkylation sites (N-methyl/N-ethyl adjacent to an activating group) is 1. The number of nitrogens with one attached hydrogen (secondary N) is 2. The lowest BCUT2D eigenvalue weighted by atomic mass is 10.3. The van der Waals surface area contributed by atoms with Crippen LogP contribution in [0.1, 0.15) is 0 Å². The second kappa shape index (κ2) is 7.92. The van der Waals surface area contributed by atoms with Crippen LogP contribution in [-0.2, 0) is 9.53 Å². The van der Waals surface area contributed by atoms with E-state index in [0.29, 0.717) is 29.7 Å². The van der Waals surface area contributed by atoms with Gasteiger partial charge in [0, 0.05) is 12.8 Å². The predicted molar refractivity (Wildman–Crippen MR) is 71.4 cm³/mol. The molecule has 0 saturated heterocycles. The van der Waals surface area contributed by atoms with Crippen LogP contribution in [0.3, 0.4) is 0 Å². The Labute approximate surface area is 111 Å². The highest BCUT2D eigenvalue weighted by Gasteiger charge is 2.05. The van der Waals surface area contributed by atoms with Gasteiger partial charge in [-0.05, 0) is 25.2 Å². The number of carbonyl (C=O) groups is 1. The fraction of sp³-hybridized carbons (Fsp3) is 0.417. The zero-order valence-electron chi connectivity index (χ0n) is 10.5. The Kier molecular flexibility index (Phi) is 6.49. The van der Waals surface area contributed by atoms with Crippen molar-refractivity contribution in [1.29, 1.82) is 0 Å². The first-order valence-corrected chi connectivity index (χ1v) is 5.91. The molecule has 0 atom stereocenters. The van der Waals surface area contributed by atoms with E-state index < -0.39 is 0 Å². The molecule has 0 saturated carbocycles. The smallest absolute Gasteiger partial charge is 0.238 e. The molecule has 0 aliphatic carbocycles. The van der Waals surface area contributed by atoms with Crippen molar-refractivity contribution in [3.05, 3.63) is 23.2 Å². The van der Waals surface area contributed by atoms with Gasteiger partial charge in [0.05, 0.1) is 18.2 Å². The Morgan fingerprint density at radius 3 is 2.78 bits per heavy atom. The number of amides is 1. The number of anilines is 1. The molecule has 0 fully saturated rings. The van der Waals surface area contributed by atoms with Crippen molar-refractivity contribution in [3.63, 3.8) is 0 Å². The molecule has 0 radical (unpaired) electrons. The molecule has 0 spiro atoms. The molecule has 1 rings (SSSR count). The Morgan fingerprint density at radius 2 is 2.17 bits per heavy atom. The minimum Gasteiger partial charge on any atom is -0.490 e. The van der Waals surface area contributed by atoms with Crippen LogP contribution in [0, 0.1) is 0 Å². The summed E-state index contributed by atoms with van der Waals surface area (Å²) in [5.41, 5.74) is 0.638. The average Bonchev–Trinajstić information content (AvgIpc) is 2.32. The third-order valence-electron chi connectivity index (χ3n) is 2.10. The van der Waals surface area contributed by atoms with Gasteiger partial charge >= 0.3 is 0 Å². The number of hydrogen-bond donors (Lipinski definition) is 2. The molecule has 0 unspecified atom stereocenters. The normalized spacial score (nSPS) is 10.2. The quantitative estimate of drug-likeness (QED) is 0.739. The van der Waals surface area contributed by atoms with E-state index in [1.807, 2.05) is 0 Å². The summed E-state index contributed by atoms with van der Waals surface area (Å²) in [5.74, 6) is 0.446. The summed E-state index contributed by atoms with van der Waals surface area (Å²) in [6.07, 6.45) is 0. The van der Waals surface area contributed by atoms with Crippen LogP contribution in [0.15, 0.2) is 18.2 Å². The van der Waals surface area contributed by atoms with Gasteiger partial charge < -0.3 is 20.1 Å². The first-order valence-electron chi connectivity index (χ1n) is 5.53. The Morgan fingerprint density at radius 1 is 1.39 bits per heavy atom. The predicted octanol–water partition coefficient (Wildman–Crippen LogP) is 1.52. The van der Waals surface area contributed by atoms with E-state index in [1.165, 1.54) is 0 Å². The van der Waals surface area contributed by atoms with Crippen molar-refractivity contribution in [2.75, 3.05) is 39.2 Å². The second-order valence-electron chi connectivity index (χ2n) is 3.56. The zero-order chi connectivity index (χ0) is 13.4. The molecule has 1 aromatic rings. The number of ether oxygens (including phenoxy) is 2. The Bertz CT molecular complexity index is 399. The van der Waals surface area contributed by atoms with Crippen molar-refractivity contribution in [1.82, 2.24) is 5.32 Å². The minimum atomic E-state index is -0.124. The van der Waals surface area contributed by atoms with Crippen LogP contribution < -0.4 is 15.4 Å². The second-order valence-corrected chi connectivity index (χ2v) is 3.97. The maximum absolute atomic E-state index is 11.4. The highest BCUT2D eigenvalue weighted by atomic mass is 35.5. The molecule has 0 aromatic heterocycles. The van der Waals surface area contributed by atoms with Gasteiger partial charge in [0.15, 0.2) is 0 Å². The number of carbonyl (C=O) groups excluding carboxylic acids is 1. The molecule has 6 heteroatoms. The third-order valence-corrected chi connectivity index (χ3v) is 2.39. The number of benzene rings is 1. The lowest BCUT2D eigenvalue weighted by molar-refractivity contribution is -0.115. The highest BCUT2D eigenvalue weighted by molar-refractivity contribution is 6.32. The number of methoxy groups -OCH3 is 1. The molecular weight excluding hydrogens is 256 g/mol. The van der Waals surface area contributed by atoms with E-state index in [9.17, 15) is 4.79 Å². The summed E-state index contributed by atoms with van der Waals surface area (Å²) in [4.78, 5) is 11.4. The van der Waals surface area contributed by atoms with Crippen LogP contribution in [0.2, 0.25) is 5.02 Å². The maximum Gasteiger partial charge on any atom is 0.238 e. The number of rotatable bonds is 7. The first-order chi connectivity index (χ1) is 8.67. The lowest BCUT2D eigenvalue weighted by Crippen LogP contribution is -2.25. The molecule has 0 aliphatic rings. The van der Waals surface area contributed by atoms with Crippen molar-refractivity contribution in [2.24, 2.45) is 0 Å². The number of halogens is 1. The Hall–Kier alpha value is -1.30. The van der Waals surface area contributed by atoms with Gasteiger partial charge in [-0.1, -0.05) is 11.6 Å². The third kappa shape index (κ3) is 4.91. The standard InChI is InChI=1S/C12H17ClN2O3/c1-14-8-12(16)15-9-3-4-11(10(13)7-9)18-6-5-17-2/h3-4,7,14H,5-6,8H2,1-2H3,(H,15,16). The molecule has 1 aromatic carbocycles. The molecular formula is C12H17ClN2O3. The zero-order valence-corrected chi connectivity index (χ0v) is 11.2. The van der Waals surface area contributed by atoms with E-state index in [0.717, 1.165) is 0 Å². The summed E-state index contributed by atoms with van der Waals surface area (Å²) in [6.45, 7) is 1.18. The summed E-state index contributed by atoms with van der Waals surface area (Å²) < 4.78 is 10.3. The molecule has 18 heavy (non-hydrogen) atoms. The molecule has 2 N–H and O–H groups in total. The van der Waals surface area contributed by atoms with E-state index in [1.54, 1.807) is 32.4 Å². The molecule has 100 valence electrons. The summed E-state index contributed by atoms with van der Waals surface area (Å²) in [7, 11) is 3.31. The van der Waals surface area contributed by atoms with E-state index >= 15 is 0 Å². The largest absolute Gasteiger partial charge is 0.490 e. The van der Waals surface area contributed by atoms with E-state index in [4.69, 9.17) is 21.1 Å². The average molecular weight is 273 g/mol. The Balaban J connectivity index is 2.58. The highest BCUT2D eigenvalue weighted by Crippen LogP contribution is 2.27. The van der Waals surface area contributed by atoms with Crippen molar-refractivity contribution in [3.8, 4) is 5.75 Å². The van der Waals surface area contributed by atoms with Gasteiger partial charge in [0.25, 0.3) is 0 Å². The SMILES string of the molecule is CNCC(=O)Nc1ccc(OCCOC)c(Cl)c1. The first kappa shape index (κ1) is 14.8. The molecule has 0 heterocycles. The fourth-order valence-electron chi connectivity index (χ4n) is 1.30. The van der Waals surface area contributed by atoms with Gasteiger partial charge in [-0.3, -0.25) is 4.79 Å². The van der Waals surface area contributed by atoms with Crippen LogP contribution in [0.25, 0.3) is 0 Å². The summed E-state index contributed by atoms with van der Waals surface area (Å²) in [5, 5.41) is 5.93. The van der Waals surface area contributed by atoms with Gasteiger partial charge in [-0.2, -0.15) is 0 Å². The van der Waals surface area contributed by atoms with Crippen molar-refractivity contribution in [2.45, 2.75) is 0 Å². The summed E-state index contributed by atoms with van der Waals surface area (Å²) >= 11 is 6.04. The lowest BCUT2D eigenvalue weighted by Gasteiger charge is -2.10. The molecule has 0 bridgehead atoms. The topological polar surface area (TPSA) is 59.6 Å². The van der Waals surface area contributed by atoms with Crippen LogP contribution in [0.5, 0.6) is 5.75 Å². The van der Waals surface area contributed by atoms with Gasteiger partial charge in [-0.15, -0.1) is 0 Å². The maximum atomic E-state index is 11.4. The molecule has 0 aliphatic heterocycles.